The third-order valence-corrected chi connectivity index (χ3v) is 6.47. The van der Waals surface area contributed by atoms with Crippen LogP contribution in [0.15, 0.2) is 41.3 Å². The second-order valence-electron chi connectivity index (χ2n) is 6.88. The summed E-state index contributed by atoms with van der Waals surface area (Å²) in [6.45, 7) is 1.76. The summed E-state index contributed by atoms with van der Waals surface area (Å²) in [5.74, 6) is -0.713. The molecule has 2 aromatic rings. The molecule has 8 heteroatoms. The summed E-state index contributed by atoms with van der Waals surface area (Å²) in [6, 6.07) is 8.98. The van der Waals surface area contributed by atoms with Crippen molar-refractivity contribution >= 4 is 33.0 Å². The van der Waals surface area contributed by atoms with Gasteiger partial charge in [0.1, 0.15) is 5.82 Å². The number of hydrogen-bond donors (Lipinski definition) is 1. The first-order chi connectivity index (χ1) is 12.8. The molecule has 0 aliphatic carbocycles. The minimum Gasteiger partial charge on any atom is -0.371 e. The van der Waals surface area contributed by atoms with Crippen LogP contribution in [0.2, 0.25) is 0 Å². The van der Waals surface area contributed by atoms with E-state index < -0.39 is 15.8 Å². The van der Waals surface area contributed by atoms with E-state index in [2.05, 4.69) is 9.62 Å². The van der Waals surface area contributed by atoms with Gasteiger partial charge in [-0.1, -0.05) is 0 Å². The number of rotatable bonds is 4. The van der Waals surface area contributed by atoms with Crippen molar-refractivity contribution in [1.82, 2.24) is 0 Å². The van der Waals surface area contributed by atoms with Gasteiger partial charge in [-0.05, 0) is 54.8 Å². The van der Waals surface area contributed by atoms with Crippen molar-refractivity contribution in [3.05, 3.63) is 47.8 Å². The topological polar surface area (TPSA) is 69.7 Å². The number of carbonyl (C=O) groups excluding carboxylic acids is 1. The number of benzene rings is 2. The van der Waals surface area contributed by atoms with Crippen molar-refractivity contribution in [2.75, 3.05) is 34.7 Å². The number of likely N-dealkylation sites (N-methyl/N-ethyl adjacent to an activating group) is 1. The first kappa shape index (κ1) is 17.8. The second kappa shape index (κ2) is 6.53. The molecule has 2 aliphatic rings. The van der Waals surface area contributed by atoms with E-state index in [-0.39, 0.29) is 22.9 Å². The van der Waals surface area contributed by atoms with Crippen molar-refractivity contribution in [2.24, 2.45) is 0 Å². The van der Waals surface area contributed by atoms with Crippen LogP contribution in [0.5, 0.6) is 0 Å². The number of nitrogens with zero attached hydrogens (tertiary/aromatic N) is 2. The number of fused-ring (bicyclic) bond motifs is 1. The quantitative estimate of drug-likeness (QED) is 0.873. The van der Waals surface area contributed by atoms with Gasteiger partial charge in [-0.15, -0.1) is 0 Å². The molecule has 2 aliphatic heterocycles. The average molecular weight is 389 g/mol. The molecule has 6 nitrogen and oxygen atoms in total. The number of nitrogens with one attached hydrogen (secondary N) is 1. The summed E-state index contributed by atoms with van der Waals surface area (Å²) in [5.41, 5.74) is 2.07. The zero-order valence-electron chi connectivity index (χ0n) is 14.9. The number of hydrogen-bond acceptors (Lipinski definition) is 4. The van der Waals surface area contributed by atoms with Gasteiger partial charge in [-0.3, -0.25) is 9.52 Å². The molecule has 0 aromatic heterocycles. The van der Waals surface area contributed by atoms with Gasteiger partial charge in [0.05, 0.1) is 17.0 Å². The van der Waals surface area contributed by atoms with Gasteiger partial charge in [-0.25, -0.2) is 12.8 Å². The Hall–Kier alpha value is -2.61. The lowest BCUT2D eigenvalue weighted by Crippen LogP contribution is -2.20. The smallest absolute Gasteiger partial charge is 0.261 e. The largest absolute Gasteiger partial charge is 0.371 e. The predicted molar refractivity (Wildman–Crippen MR) is 102 cm³/mol. The van der Waals surface area contributed by atoms with Crippen LogP contribution in [0.4, 0.5) is 21.5 Å². The maximum Gasteiger partial charge on any atom is 0.261 e. The summed E-state index contributed by atoms with van der Waals surface area (Å²) in [5, 5.41) is 0. The monoisotopic (exact) mass is 389 g/mol. The van der Waals surface area contributed by atoms with E-state index in [1.807, 2.05) is 0 Å². The highest BCUT2D eigenvalue weighted by Gasteiger charge is 2.26. The number of halogens is 1. The minimum atomic E-state index is -3.97. The first-order valence-electron chi connectivity index (χ1n) is 8.82. The van der Waals surface area contributed by atoms with Crippen LogP contribution < -0.4 is 14.5 Å². The molecule has 27 heavy (non-hydrogen) atoms. The van der Waals surface area contributed by atoms with Crippen LogP contribution in [-0.4, -0.2) is 34.5 Å². The van der Waals surface area contributed by atoms with Crippen molar-refractivity contribution in [1.29, 1.82) is 0 Å². The van der Waals surface area contributed by atoms with Crippen molar-refractivity contribution in [2.45, 2.75) is 24.2 Å². The predicted octanol–water partition coefficient (Wildman–Crippen LogP) is 2.75. The zero-order chi connectivity index (χ0) is 19.2. The number of anilines is 3. The Morgan fingerprint density at radius 2 is 1.81 bits per heavy atom. The Balaban J connectivity index is 1.63. The van der Waals surface area contributed by atoms with Crippen LogP contribution in [-0.2, 0) is 21.2 Å². The zero-order valence-corrected chi connectivity index (χ0v) is 15.7. The summed E-state index contributed by atoms with van der Waals surface area (Å²) >= 11 is 0. The summed E-state index contributed by atoms with van der Waals surface area (Å²) < 4.78 is 42.1. The van der Waals surface area contributed by atoms with Gasteiger partial charge in [0.2, 0.25) is 5.91 Å². The van der Waals surface area contributed by atoms with E-state index in [9.17, 15) is 17.6 Å². The van der Waals surface area contributed by atoms with Crippen LogP contribution in [0, 0.1) is 5.82 Å². The molecule has 0 radical (unpaired) electrons. The van der Waals surface area contributed by atoms with Crippen LogP contribution in [0.3, 0.4) is 0 Å². The molecule has 0 bridgehead atoms. The van der Waals surface area contributed by atoms with Gasteiger partial charge >= 0.3 is 0 Å². The van der Waals surface area contributed by atoms with E-state index in [4.69, 9.17) is 0 Å². The van der Waals surface area contributed by atoms with E-state index in [0.29, 0.717) is 11.3 Å². The number of amides is 1. The highest BCUT2D eigenvalue weighted by molar-refractivity contribution is 7.92. The maximum absolute atomic E-state index is 14.2. The summed E-state index contributed by atoms with van der Waals surface area (Å²) in [4.78, 5) is 15.4. The Morgan fingerprint density at radius 1 is 1.07 bits per heavy atom. The SMILES string of the molecule is CN1C(=O)Cc2cc(S(=O)(=O)Nc3cc(N4CCCC4)ccc3F)ccc21. The van der Waals surface area contributed by atoms with Crippen molar-refractivity contribution < 1.29 is 17.6 Å². The van der Waals surface area contributed by atoms with Crippen LogP contribution >= 0.6 is 0 Å². The van der Waals surface area contributed by atoms with Gasteiger partial charge in [0.15, 0.2) is 0 Å². The fourth-order valence-corrected chi connectivity index (χ4v) is 4.69. The molecule has 142 valence electrons. The highest BCUT2D eigenvalue weighted by atomic mass is 32.2. The molecule has 0 atom stereocenters. The molecular formula is C19H20FN3O3S. The van der Waals surface area contributed by atoms with E-state index in [1.54, 1.807) is 19.2 Å². The third-order valence-electron chi connectivity index (χ3n) is 5.10. The van der Waals surface area contributed by atoms with E-state index in [1.165, 1.54) is 29.2 Å². The molecule has 1 fully saturated rings. The highest BCUT2D eigenvalue weighted by Crippen LogP contribution is 2.31. The van der Waals surface area contributed by atoms with Crippen molar-refractivity contribution in [3.8, 4) is 0 Å². The normalized spacial score (nSPS) is 16.7. The molecule has 0 saturated carbocycles. The van der Waals surface area contributed by atoms with Crippen LogP contribution in [0.1, 0.15) is 18.4 Å². The third kappa shape index (κ3) is 3.25. The molecule has 4 rings (SSSR count). The molecule has 2 heterocycles. The second-order valence-corrected chi connectivity index (χ2v) is 8.57. The fourth-order valence-electron chi connectivity index (χ4n) is 3.58. The lowest BCUT2D eigenvalue weighted by atomic mass is 10.2. The summed E-state index contributed by atoms with van der Waals surface area (Å²) in [6.07, 6.45) is 2.30. The van der Waals surface area contributed by atoms with Crippen LogP contribution in [0.25, 0.3) is 0 Å². The Kier molecular flexibility index (Phi) is 4.30. The van der Waals surface area contributed by atoms with Gasteiger partial charge in [0.25, 0.3) is 10.0 Å². The minimum absolute atomic E-state index is 0.00956. The lowest BCUT2D eigenvalue weighted by Gasteiger charge is -2.19. The Labute approximate surface area is 157 Å². The van der Waals surface area contributed by atoms with Gasteiger partial charge in [-0.2, -0.15) is 0 Å². The lowest BCUT2D eigenvalue weighted by molar-refractivity contribution is -0.117. The number of sulfonamides is 1. The van der Waals surface area contributed by atoms with E-state index >= 15 is 0 Å². The maximum atomic E-state index is 14.2. The number of carbonyl (C=O) groups is 1. The van der Waals surface area contributed by atoms with E-state index in [0.717, 1.165) is 31.6 Å². The average Bonchev–Trinajstić information content (AvgIpc) is 3.26. The molecular weight excluding hydrogens is 369 g/mol. The Bertz CT molecular complexity index is 1020. The first-order valence-corrected chi connectivity index (χ1v) is 10.3. The molecule has 2 aromatic carbocycles. The molecule has 1 saturated heterocycles. The van der Waals surface area contributed by atoms with Gasteiger partial charge in [0, 0.05) is 31.5 Å². The van der Waals surface area contributed by atoms with Crippen molar-refractivity contribution in [3.63, 3.8) is 0 Å². The fraction of sp³-hybridized carbons (Fsp3) is 0.316. The molecule has 0 unspecified atom stereocenters. The molecule has 0 spiro atoms. The molecule has 1 amide bonds. The molecule has 1 N–H and O–H groups in total. The van der Waals surface area contributed by atoms with Gasteiger partial charge < -0.3 is 9.80 Å². The Morgan fingerprint density at radius 3 is 2.56 bits per heavy atom. The summed E-state index contributed by atoms with van der Waals surface area (Å²) in [7, 11) is -2.32. The standard InChI is InChI=1S/C19H20FN3O3S/c1-22-18-7-5-15(10-13(18)11-19(22)24)27(25,26)21-17-12-14(4-6-16(17)20)23-8-2-3-9-23/h4-7,10,12,21H,2-3,8-9,11H2,1H3.